The maximum absolute atomic E-state index is 13.6. The predicted molar refractivity (Wildman–Crippen MR) is 180 cm³/mol. The Morgan fingerprint density at radius 1 is 1.07 bits per heavy atom. The molecule has 242 valence electrons. The van der Waals surface area contributed by atoms with E-state index in [0.29, 0.717) is 23.5 Å². The molecule has 0 spiro atoms. The zero-order valence-electron chi connectivity index (χ0n) is 26.4. The van der Waals surface area contributed by atoms with Crippen LogP contribution in [0.3, 0.4) is 0 Å². The number of carbonyl (C=O) groups is 2. The number of hydrogen-bond acceptors (Lipinski definition) is 6. The molecule has 0 unspecified atom stereocenters. The first-order valence-electron chi connectivity index (χ1n) is 15.2. The SMILES string of the molecule is Cc1ccc(S(=O)(=O)Nc2ccc3c(c2)CC(=O)N([C@@H](C)CO)C[C@H](C)[C@H](CN(C)C(=O)Nc2cccc4ccccc24)O3)cc1. The summed E-state index contributed by atoms with van der Waals surface area (Å²) in [6.45, 7) is 5.87. The molecule has 4 aromatic rings. The van der Waals surface area contributed by atoms with Gasteiger partial charge < -0.3 is 25.0 Å². The number of carbonyl (C=O) groups excluding carboxylic acids is 2. The highest BCUT2D eigenvalue weighted by Crippen LogP contribution is 2.30. The van der Waals surface area contributed by atoms with Gasteiger partial charge in [0.15, 0.2) is 0 Å². The molecule has 3 atom stereocenters. The van der Waals surface area contributed by atoms with E-state index in [0.717, 1.165) is 16.3 Å². The quantitative estimate of drug-likeness (QED) is 0.240. The van der Waals surface area contributed by atoms with Crippen LogP contribution in [0, 0.1) is 12.8 Å². The number of aliphatic hydroxyl groups is 1. The summed E-state index contributed by atoms with van der Waals surface area (Å²) >= 11 is 0. The van der Waals surface area contributed by atoms with Crippen molar-refractivity contribution in [3.05, 3.63) is 96.1 Å². The van der Waals surface area contributed by atoms with Crippen molar-refractivity contribution < 1.29 is 27.9 Å². The molecule has 0 saturated carbocycles. The van der Waals surface area contributed by atoms with Crippen molar-refractivity contribution in [1.29, 1.82) is 0 Å². The van der Waals surface area contributed by atoms with Crippen LogP contribution in [-0.2, 0) is 21.2 Å². The van der Waals surface area contributed by atoms with E-state index < -0.39 is 22.2 Å². The molecule has 0 aliphatic carbocycles. The minimum absolute atomic E-state index is 0.0589. The van der Waals surface area contributed by atoms with Crippen molar-refractivity contribution in [3.63, 3.8) is 0 Å². The van der Waals surface area contributed by atoms with E-state index in [1.54, 1.807) is 54.1 Å². The third-order valence-electron chi connectivity index (χ3n) is 8.33. The number of nitrogens with zero attached hydrogens (tertiary/aromatic N) is 2. The number of anilines is 2. The summed E-state index contributed by atoms with van der Waals surface area (Å²) in [5, 5.41) is 14.9. The van der Waals surface area contributed by atoms with E-state index in [9.17, 15) is 23.1 Å². The van der Waals surface area contributed by atoms with Crippen LogP contribution < -0.4 is 14.8 Å². The molecule has 5 rings (SSSR count). The van der Waals surface area contributed by atoms with Crippen molar-refractivity contribution in [2.24, 2.45) is 5.92 Å². The summed E-state index contributed by atoms with van der Waals surface area (Å²) in [6, 6.07) is 24.1. The molecular weight excluding hydrogens is 604 g/mol. The van der Waals surface area contributed by atoms with Crippen LogP contribution in [0.5, 0.6) is 5.75 Å². The minimum atomic E-state index is -3.88. The van der Waals surface area contributed by atoms with Crippen LogP contribution >= 0.6 is 0 Å². The maximum Gasteiger partial charge on any atom is 0.321 e. The fraction of sp³-hybridized carbons (Fsp3) is 0.314. The fourth-order valence-electron chi connectivity index (χ4n) is 5.54. The van der Waals surface area contributed by atoms with Crippen LogP contribution in [0.2, 0.25) is 0 Å². The first-order chi connectivity index (χ1) is 21.9. The number of sulfonamides is 1. The molecular formula is C35H40N4O6S. The molecule has 10 nitrogen and oxygen atoms in total. The lowest BCUT2D eigenvalue weighted by atomic mass is 10.0. The van der Waals surface area contributed by atoms with Gasteiger partial charge in [0, 0.05) is 36.1 Å². The van der Waals surface area contributed by atoms with Crippen molar-refractivity contribution >= 4 is 44.1 Å². The minimum Gasteiger partial charge on any atom is -0.488 e. The molecule has 46 heavy (non-hydrogen) atoms. The Balaban J connectivity index is 1.41. The number of aliphatic hydroxyl groups excluding tert-OH is 1. The largest absolute Gasteiger partial charge is 0.488 e. The zero-order chi connectivity index (χ0) is 33.0. The van der Waals surface area contributed by atoms with Gasteiger partial charge in [-0.3, -0.25) is 9.52 Å². The number of benzene rings is 4. The van der Waals surface area contributed by atoms with Gasteiger partial charge in [0.05, 0.1) is 36.2 Å². The first kappa shape index (κ1) is 32.8. The van der Waals surface area contributed by atoms with Gasteiger partial charge in [-0.25, -0.2) is 13.2 Å². The van der Waals surface area contributed by atoms with E-state index in [1.165, 1.54) is 12.1 Å². The Hall–Kier alpha value is -4.61. The van der Waals surface area contributed by atoms with E-state index in [2.05, 4.69) is 10.0 Å². The standard InChI is InChI=1S/C35H40N4O6S/c1-23-12-15-29(16-13-23)46(43,44)37-28-14-17-32-27(18-28)19-34(41)39(25(3)22-40)20-24(2)33(45-32)21-38(4)35(42)36-31-11-7-9-26-8-5-6-10-30(26)31/h5-18,24-25,33,37,40H,19-22H2,1-4H3,(H,36,42)/t24-,25-,33-/m0/s1. The molecule has 1 heterocycles. The summed E-state index contributed by atoms with van der Waals surface area (Å²) < 4.78 is 35.3. The van der Waals surface area contributed by atoms with Crippen LogP contribution in [0.1, 0.15) is 25.0 Å². The highest BCUT2D eigenvalue weighted by molar-refractivity contribution is 7.92. The van der Waals surface area contributed by atoms with Crippen molar-refractivity contribution in [2.75, 3.05) is 36.8 Å². The molecule has 1 aliphatic heterocycles. The molecule has 0 radical (unpaired) electrons. The molecule has 0 aromatic heterocycles. The molecule has 11 heteroatoms. The Morgan fingerprint density at radius 2 is 1.78 bits per heavy atom. The van der Waals surface area contributed by atoms with E-state index in [-0.39, 0.29) is 48.0 Å². The summed E-state index contributed by atoms with van der Waals surface area (Å²) in [4.78, 5) is 30.2. The number of nitrogens with one attached hydrogen (secondary N) is 2. The van der Waals surface area contributed by atoms with E-state index in [4.69, 9.17) is 4.74 Å². The number of aryl methyl sites for hydroxylation is 1. The van der Waals surface area contributed by atoms with Gasteiger partial charge in [-0.2, -0.15) is 0 Å². The summed E-state index contributed by atoms with van der Waals surface area (Å²) in [7, 11) is -2.19. The number of amides is 3. The van der Waals surface area contributed by atoms with E-state index in [1.807, 2.05) is 56.3 Å². The van der Waals surface area contributed by atoms with E-state index >= 15 is 0 Å². The lowest BCUT2D eigenvalue weighted by Crippen LogP contribution is -2.48. The third kappa shape index (κ3) is 7.43. The molecule has 3 N–H and O–H groups in total. The molecule has 1 aliphatic rings. The van der Waals surface area contributed by atoms with Gasteiger partial charge in [-0.15, -0.1) is 0 Å². The second-order valence-electron chi connectivity index (χ2n) is 12.0. The monoisotopic (exact) mass is 644 g/mol. The van der Waals surface area contributed by atoms with Gasteiger partial charge in [0.1, 0.15) is 11.9 Å². The van der Waals surface area contributed by atoms with Crippen molar-refractivity contribution in [3.8, 4) is 5.75 Å². The second-order valence-corrected chi connectivity index (χ2v) is 13.6. The Morgan fingerprint density at radius 3 is 2.52 bits per heavy atom. The average molecular weight is 645 g/mol. The second kappa shape index (κ2) is 13.8. The lowest BCUT2D eigenvalue weighted by molar-refractivity contribution is -0.134. The normalized spacial score (nSPS) is 17.6. The molecule has 0 saturated heterocycles. The molecule has 3 amide bonds. The number of urea groups is 1. The van der Waals surface area contributed by atoms with Gasteiger partial charge in [-0.05, 0) is 55.6 Å². The number of likely N-dealkylation sites (N-methyl/N-ethyl adjacent to an activating group) is 1. The zero-order valence-corrected chi connectivity index (χ0v) is 27.3. The molecule has 0 fully saturated rings. The summed E-state index contributed by atoms with van der Waals surface area (Å²) in [6.07, 6.45) is -0.590. The lowest BCUT2D eigenvalue weighted by Gasteiger charge is -2.34. The number of ether oxygens (including phenoxy) is 1. The van der Waals surface area contributed by atoms with Crippen molar-refractivity contribution in [2.45, 2.75) is 44.2 Å². The Labute approximate surface area is 270 Å². The molecule has 0 bridgehead atoms. The number of fused-ring (bicyclic) bond motifs is 2. The Kier molecular flexibility index (Phi) is 9.83. The summed E-state index contributed by atoms with van der Waals surface area (Å²) in [5.74, 6) is -0.0271. The van der Waals surface area contributed by atoms with Crippen LogP contribution in [-0.4, -0.2) is 74.2 Å². The number of rotatable bonds is 8. The maximum atomic E-state index is 13.6. The van der Waals surface area contributed by atoms with Crippen LogP contribution in [0.4, 0.5) is 16.2 Å². The van der Waals surface area contributed by atoms with Crippen LogP contribution in [0.15, 0.2) is 89.8 Å². The first-order valence-corrected chi connectivity index (χ1v) is 16.7. The van der Waals surface area contributed by atoms with Crippen LogP contribution in [0.25, 0.3) is 10.8 Å². The molecule has 4 aromatic carbocycles. The van der Waals surface area contributed by atoms with Gasteiger partial charge in [0.25, 0.3) is 10.0 Å². The van der Waals surface area contributed by atoms with Crippen molar-refractivity contribution in [1.82, 2.24) is 9.80 Å². The topological polar surface area (TPSA) is 128 Å². The number of hydrogen-bond donors (Lipinski definition) is 3. The van der Waals surface area contributed by atoms with Gasteiger partial charge in [0.2, 0.25) is 5.91 Å². The summed E-state index contributed by atoms with van der Waals surface area (Å²) in [5.41, 5.74) is 2.41. The smallest absolute Gasteiger partial charge is 0.321 e. The predicted octanol–water partition coefficient (Wildman–Crippen LogP) is 5.26. The third-order valence-corrected chi connectivity index (χ3v) is 9.73. The van der Waals surface area contributed by atoms with Gasteiger partial charge >= 0.3 is 6.03 Å². The fourth-order valence-corrected chi connectivity index (χ4v) is 6.59. The van der Waals surface area contributed by atoms with Gasteiger partial charge in [-0.1, -0.05) is 61.0 Å². The highest BCUT2D eigenvalue weighted by Gasteiger charge is 2.32. The average Bonchev–Trinajstić information content (AvgIpc) is 3.08. The Bertz CT molecular complexity index is 1820. The highest BCUT2D eigenvalue weighted by atomic mass is 32.2.